The van der Waals surface area contributed by atoms with Gasteiger partial charge in [-0.2, -0.15) is 4.31 Å². The van der Waals surface area contributed by atoms with Crippen molar-refractivity contribution in [1.82, 2.24) is 14.3 Å². The molecular formula is C22H26N6O5S. The normalized spacial score (nSPS) is 11.3. The molecule has 1 aromatic heterocycles. The van der Waals surface area contributed by atoms with Crippen molar-refractivity contribution in [3.05, 3.63) is 65.0 Å². The third kappa shape index (κ3) is 5.41. The average Bonchev–Trinajstić information content (AvgIpc) is 2.81. The molecule has 0 unspecified atom stereocenters. The van der Waals surface area contributed by atoms with E-state index in [9.17, 15) is 18.5 Å². The highest BCUT2D eigenvalue weighted by molar-refractivity contribution is 7.89. The highest BCUT2D eigenvalue weighted by Crippen LogP contribution is 2.35. The van der Waals surface area contributed by atoms with Crippen LogP contribution in [0.4, 0.5) is 28.7 Å². The molecule has 0 fully saturated rings. The summed E-state index contributed by atoms with van der Waals surface area (Å²) < 4.78 is 32.3. The van der Waals surface area contributed by atoms with E-state index >= 15 is 0 Å². The Morgan fingerprint density at radius 1 is 0.971 bits per heavy atom. The number of anilines is 4. The number of rotatable bonds is 11. The fraction of sp³-hybridized carbons (Fsp3) is 0.273. The molecule has 0 radical (unpaired) electrons. The Kier molecular flexibility index (Phi) is 7.97. The van der Waals surface area contributed by atoms with Crippen molar-refractivity contribution in [2.24, 2.45) is 0 Å². The molecule has 0 saturated carbocycles. The number of nitrogens with zero attached hydrogens (tertiary/aromatic N) is 4. The molecule has 0 aliphatic carbocycles. The molecule has 3 rings (SSSR count). The lowest BCUT2D eigenvalue weighted by Gasteiger charge is -2.18. The highest BCUT2D eigenvalue weighted by Gasteiger charge is 2.25. The molecule has 34 heavy (non-hydrogen) atoms. The van der Waals surface area contributed by atoms with Crippen LogP contribution in [0.3, 0.4) is 0 Å². The SMILES string of the molecule is CCOc1ccccc1Nc1ncnc(Nc2ccc(S(=O)(=O)N(CC)CC)cc2)c1[N+](=O)[O-]. The molecule has 2 N–H and O–H groups in total. The van der Waals surface area contributed by atoms with Crippen LogP contribution < -0.4 is 15.4 Å². The third-order valence-electron chi connectivity index (χ3n) is 4.91. The molecule has 0 aliphatic rings. The maximum atomic E-state index is 12.7. The minimum Gasteiger partial charge on any atom is -0.492 e. The lowest BCUT2D eigenvalue weighted by Crippen LogP contribution is -2.30. The lowest BCUT2D eigenvalue weighted by molar-refractivity contribution is -0.383. The van der Waals surface area contributed by atoms with Gasteiger partial charge in [-0.15, -0.1) is 0 Å². The fourth-order valence-electron chi connectivity index (χ4n) is 3.27. The van der Waals surface area contributed by atoms with E-state index in [4.69, 9.17) is 4.74 Å². The van der Waals surface area contributed by atoms with E-state index in [1.54, 1.807) is 38.1 Å². The number of ether oxygens (including phenoxy) is 1. The number of aromatic nitrogens is 2. The van der Waals surface area contributed by atoms with Crippen molar-refractivity contribution in [2.75, 3.05) is 30.3 Å². The molecule has 11 nitrogen and oxygen atoms in total. The fourth-order valence-corrected chi connectivity index (χ4v) is 4.73. The van der Waals surface area contributed by atoms with E-state index in [-0.39, 0.29) is 22.2 Å². The van der Waals surface area contributed by atoms with Gasteiger partial charge in [-0.3, -0.25) is 10.1 Å². The van der Waals surface area contributed by atoms with E-state index in [1.807, 2.05) is 6.92 Å². The molecule has 0 amide bonds. The van der Waals surface area contributed by atoms with Crippen molar-refractivity contribution in [1.29, 1.82) is 0 Å². The van der Waals surface area contributed by atoms with E-state index in [1.165, 1.54) is 34.9 Å². The van der Waals surface area contributed by atoms with Gasteiger partial charge in [-0.05, 0) is 43.3 Å². The highest BCUT2D eigenvalue weighted by atomic mass is 32.2. The van der Waals surface area contributed by atoms with Crippen LogP contribution in [-0.4, -0.2) is 47.3 Å². The first-order chi connectivity index (χ1) is 16.3. The summed E-state index contributed by atoms with van der Waals surface area (Å²) in [6.07, 6.45) is 1.19. The zero-order valence-corrected chi connectivity index (χ0v) is 19.9. The van der Waals surface area contributed by atoms with Gasteiger partial charge in [0.05, 0.1) is 22.1 Å². The molecule has 180 valence electrons. The van der Waals surface area contributed by atoms with Crippen molar-refractivity contribution in [2.45, 2.75) is 25.7 Å². The monoisotopic (exact) mass is 486 g/mol. The van der Waals surface area contributed by atoms with Gasteiger partial charge in [0.25, 0.3) is 0 Å². The van der Waals surface area contributed by atoms with Crippen LogP contribution in [0.2, 0.25) is 0 Å². The van der Waals surface area contributed by atoms with Crippen LogP contribution in [0.15, 0.2) is 59.8 Å². The van der Waals surface area contributed by atoms with E-state index < -0.39 is 14.9 Å². The van der Waals surface area contributed by atoms with Crippen LogP contribution in [0.25, 0.3) is 0 Å². The Balaban J connectivity index is 1.91. The Bertz CT molecular complexity index is 1250. The predicted molar refractivity (Wildman–Crippen MR) is 129 cm³/mol. The second kappa shape index (κ2) is 10.9. The van der Waals surface area contributed by atoms with Crippen LogP contribution in [0.1, 0.15) is 20.8 Å². The van der Waals surface area contributed by atoms with Gasteiger partial charge in [0.2, 0.25) is 21.7 Å². The molecular weight excluding hydrogens is 460 g/mol. The molecule has 0 spiro atoms. The number of nitro groups is 1. The molecule has 12 heteroatoms. The summed E-state index contributed by atoms with van der Waals surface area (Å²) in [6, 6.07) is 13.0. The summed E-state index contributed by atoms with van der Waals surface area (Å²) in [4.78, 5) is 19.5. The first-order valence-corrected chi connectivity index (χ1v) is 12.1. The maximum absolute atomic E-state index is 12.7. The van der Waals surface area contributed by atoms with Crippen LogP contribution in [0.5, 0.6) is 5.75 Å². The maximum Gasteiger partial charge on any atom is 0.353 e. The standard InChI is InChI=1S/C22H26N6O5S/c1-4-27(5-2)34(31,32)17-13-11-16(12-14-17)25-21-20(28(29)30)22(24-15-23-21)26-18-9-7-8-10-19(18)33-6-3/h7-15H,4-6H2,1-3H3,(H2,23,24,25,26). The lowest BCUT2D eigenvalue weighted by atomic mass is 10.2. The summed E-state index contributed by atoms with van der Waals surface area (Å²) in [7, 11) is -3.61. The summed E-state index contributed by atoms with van der Waals surface area (Å²) in [6.45, 7) is 6.51. The second-order valence-electron chi connectivity index (χ2n) is 6.97. The predicted octanol–water partition coefficient (Wildman–Crippen LogP) is 4.30. The quantitative estimate of drug-likeness (QED) is 0.300. The van der Waals surface area contributed by atoms with Gasteiger partial charge >= 0.3 is 5.69 Å². The smallest absolute Gasteiger partial charge is 0.353 e. The van der Waals surface area contributed by atoms with E-state index in [2.05, 4.69) is 20.6 Å². The topological polar surface area (TPSA) is 140 Å². The third-order valence-corrected chi connectivity index (χ3v) is 6.97. The molecule has 0 aliphatic heterocycles. The molecule has 3 aromatic rings. The van der Waals surface area contributed by atoms with Gasteiger partial charge in [-0.1, -0.05) is 26.0 Å². The van der Waals surface area contributed by atoms with Crippen molar-refractivity contribution in [3.8, 4) is 5.75 Å². The first-order valence-electron chi connectivity index (χ1n) is 10.7. The van der Waals surface area contributed by atoms with Crippen LogP contribution in [-0.2, 0) is 10.0 Å². The minimum atomic E-state index is -3.61. The zero-order valence-electron chi connectivity index (χ0n) is 19.1. The van der Waals surface area contributed by atoms with E-state index in [0.29, 0.717) is 36.8 Å². The molecule has 1 heterocycles. The number of hydrogen-bond acceptors (Lipinski definition) is 9. The van der Waals surface area contributed by atoms with Gasteiger partial charge in [0.15, 0.2) is 0 Å². The largest absolute Gasteiger partial charge is 0.492 e. The molecule has 0 atom stereocenters. The Morgan fingerprint density at radius 3 is 2.18 bits per heavy atom. The van der Waals surface area contributed by atoms with Gasteiger partial charge in [-0.25, -0.2) is 18.4 Å². The summed E-state index contributed by atoms with van der Waals surface area (Å²) in [5.41, 5.74) is 0.581. The minimum absolute atomic E-state index is 0.0182. The summed E-state index contributed by atoms with van der Waals surface area (Å²) in [5, 5.41) is 17.7. The average molecular weight is 487 g/mol. The number of benzene rings is 2. The number of hydrogen-bond donors (Lipinski definition) is 2. The molecule has 0 bridgehead atoms. The number of nitrogens with one attached hydrogen (secondary N) is 2. The van der Waals surface area contributed by atoms with Gasteiger partial charge in [0, 0.05) is 18.8 Å². The summed E-state index contributed by atoms with van der Waals surface area (Å²) in [5.74, 6) is 0.462. The van der Waals surface area contributed by atoms with E-state index in [0.717, 1.165) is 0 Å². The van der Waals surface area contributed by atoms with Crippen LogP contribution in [0, 0.1) is 10.1 Å². The van der Waals surface area contributed by atoms with Crippen molar-refractivity contribution >= 4 is 38.7 Å². The van der Waals surface area contributed by atoms with Crippen molar-refractivity contribution in [3.63, 3.8) is 0 Å². The Hall–Kier alpha value is -3.77. The first kappa shape index (κ1) is 24.9. The Labute approximate surface area is 198 Å². The Morgan fingerprint density at radius 2 is 1.59 bits per heavy atom. The van der Waals surface area contributed by atoms with Gasteiger partial charge in [0.1, 0.15) is 12.1 Å². The number of sulfonamides is 1. The zero-order chi connectivity index (χ0) is 24.7. The second-order valence-corrected chi connectivity index (χ2v) is 8.91. The van der Waals surface area contributed by atoms with Gasteiger partial charge < -0.3 is 15.4 Å². The molecule has 0 saturated heterocycles. The van der Waals surface area contributed by atoms with Crippen LogP contribution >= 0.6 is 0 Å². The number of para-hydroxylation sites is 2. The van der Waals surface area contributed by atoms with Crippen molar-refractivity contribution < 1.29 is 18.1 Å². The summed E-state index contributed by atoms with van der Waals surface area (Å²) >= 11 is 0. The molecule has 2 aromatic carbocycles.